The van der Waals surface area contributed by atoms with Crippen molar-refractivity contribution in [3.8, 4) is 0 Å². The van der Waals surface area contributed by atoms with Gasteiger partial charge in [-0.3, -0.25) is 0 Å². The van der Waals surface area contributed by atoms with Gasteiger partial charge in [-0.15, -0.1) is 0 Å². The lowest BCUT2D eigenvalue weighted by Gasteiger charge is -2.18. The van der Waals surface area contributed by atoms with E-state index in [-0.39, 0.29) is 11.9 Å². The van der Waals surface area contributed by atoms with Gasteiger partial charge in [0.1, 0.15) is 5.82 Å². The first kappa shape index (κ1) is 12.1. The highest BCUT2D eigenvalue weighted by atomic mass is 19.1. The standard InChI is InChI=1S/C12H18FNO/c1-3-14-12(9-15-4-2)10-7-5-6-8-11(10)13/h5-8,12,14H,3-4,9H2,1-2H3. The Morgan fingerprint density at radius 3 is 2.67 bits per heavy atom. The fourth-order valence-electron chi connectivity index (χ4n) is 1.50. The van der Waals surface area contributed by atoms with Crippen molar-refractivity contribution in [2.24, 2.45) is 0 Å². The molecule has 2 nitrogen and oxygen atoms in total. The van der Waals surface area contributed by atoms with Crippen LogP contribution in [0, 0.1) is 5.82 Å². The number of hydrogen-bond acceptors (Lipinski definition) is 2. The minimum atomic E-state index is -0.178. The average molecular weight is 211 g/mol. The Bertz CT molecular complexity index is 291. The first-order chi connectivity index (χ1) is 7.29. The molecule has 0 saturated heterocycles. The van der Waals surface area contributed by atoms with Gasteiger partial charge in [-0.25, -0.2) is 4.39 Å². The van der Waals surface area contributed by atoms with Gasteiger partial charge in [0, 0.05) is 12.2 Å². The van der Waals surface area contributed by atoms with Crippen LogP contribution in [0.4, 0.5) is 4.39 Å². The molecule has 0 radical (unpaired) electrons. The second-order valence-corrected chi connectivity index (χ2v) is 3.29. The van der Waals surface area contributed by atoms with E-state index < -0.39 is 0 Å². The smallest absolute Gasteiger partial charge is 0.128 e. The van der Waals surface area contributed by atoms with E-state index in [1.807, 2.05) is 19.9 Å². The maximum atomic E-state index is 13.5. The predicted octanol–water partition coefficient (Wildman–Crippen LogP) is 2.51. The van der Waals surface area contributed by atoms with Gasteiger partial charge in [0.25, 0.3) is 0 Å². The van der Waals surface area contributed by atoms with E-state index in [4.69, 9.17) is 4.74 Å². The van der Waals surface area contributed by atoms with E-state index in [0.29, 0.717) is 18.8 Å². The van der Waals surface area contributed by atoms with Crippen molar-refractivity contribution in [3.05, 3.63) is 35.6 Å². The number of nitrogens with one attached hydrogen (secondary N) is 1. The van der Waals surface area contributed by atoms with Crippen molar-refractivity contribution in [2.75, 3.05) is 19.8 Å². The van der Waals surface area contributed by atoms with Crippen molar-refractivity contribution < 1.29 is 9.13 Å². The van der Waals surface area contributed by atoms with Gasteiger partial charge in [-0.05, 0) is 19.5 Å². The summed E-state index contributed by atoms with van der Waals surface area (Å²) < 4.78 is 18.8. The molecule has 1 unspecified atom stereocenters. The van der Waals surface area contributed by atoms with Crippen LogP contribution in [0.15, 0.2) is 24.3 Å². The molecule has 1 rings (SSSR count). The first-order valence-electron chi connectivity index (χ1n) is 5.35. The van der Waals surface area contributed by atoms with Gasteiger partial charge in [0.15, 0.2) is 0 Å². The molecule has 0 heterocycles. The first-order valence-corrected chi connectivity index (χ1v) is 5.35. The van der Waals surface area contributed by atoms with Crippen molar-refractivity contribution in [3.63, 3.8) is 0 Å². The molecule has 0 aromatic heterocycles. The molecule has 0 bridgehead atoms. The summed E-state index contributed by atoms with van der Waals surface area (Å²) in [6, 6.07) is 6.75. The zero-order valence-corrected chi connectivity index (χ0v) is 9.29. The highest BCUT2D eigenvalue weighted by Gasteiger charge is 2.13. The molecular formula is C12H18FNO. The lowest BCUT2D eigenvalue weighted by Crippen LogP contribution is -2.26. The van der Waals surface area contributed by atoms with Gasteiger partial charge < -0.3 is 10.1 Å². The zero-order valence-electron chi connectivity index (χ0n) is 9.29. The second kappa shape index (κ2) is 6.53. The van der Waals surface area contributed by atoms with E-state index >= 15 is 0 Å². The molecule has 1 N–H and O–H groups in total. The van der Waals surface area contributed by atoms with Crippen LogP contribution in [-0.2, 0) is 4.74 Å². The minimum absolute atomic E-state index is 0.0591. The molecular weight excluding hydrogens is 193 g/mol. The van der Waals surface area contributed by atoms with Crippen molar-refractivity contribution in [2.45, 2.75) is 19.9 Å². The zero-order chi connectivity index (χ0) is 11.1. The summed E-state index contributed by atoms with van der Waals surface area (Å²) in [6.45, 7) is 5.89. The van der Waals surface area contributed by atoms with E-state index in [2.05, 4.69) is 5.32 Å². The molecule has 15 heavy (non-hydrogen) atoms. The molecule has 1 aromatic rings. The van der Waals surface area contributed by atoms with Crippen LogP contribution in [-0.4, -0.2) is 19.8 Å². The summed E-state index contributed by atoms with van der Waals surface area (Å²) in [5.74, 6) is -0.178. The van der Waals surface area contributed by atoms with Gasteiger partial charge >= 0.3 is 0 Å². The number of likely N-dealkylation sites (N-methyl/N-ethyl adjacent to an activating group) is 1. The topological polar surface area (TPSA) is 21.3 Å². The largest absolute Gasteiger partial charge is 0.380 e. The highest BCUT2D eigenvalue weighted by molar-refractivity contribution is 5.21. The minimum Gasteiger partial charge on any atom is -0.380 e. The van der Waals surface area contributed by atoms with Crippen LogP contribution >= 0.6 is 0 Å². The number of rotatable bonds is 6. The van der Waals surface area contributed by atoms with Crippen molar-refractivity contribution in [1.82, 2.24) is 5.32 Å². The summed E-state index contributed by atoms with van der Waals surface area (Å²) >= 11 is 0. The van der Waals surface area contributed by atoms with Crippen LogP contribution in [0.5, 0.6) is 0 Å². The Balaban J connectivity index is 2.74. The average Bonchev–Trinajstić information content (AvgIpc) is 2.25. The van der Waals surface area contributed by atoms with Gasteiger partial charge in [0.2, 0.25) is 0 Å². The van der Waals surface area contributed by atoms with E-state index in [1.54, 1.807) is 12.1 Å². The molecule has 1 atom stereocenters. The van der Waals surface area contributed by atoms with Gasteiger partial charge in [-0.2, -0.15) is 0 Å². The summed E-state index contributed by atoms with van der Waals surface area (Å²) in [5.41, 5.74) is 0.674. The molecule has 0 amide bonds. The Morgan fingerprint density at radius 2 is 2.07 bits per heavy atom. The number of halogens is 1. The second-order valence-electron chi connectivity index (χ2n) is 3.29. The number of hydrogen-bond donors (Lipinski definition) is 1. The van der Waals surface area contributed by atoms with Gasteiger partial charge in [-0.1, -0.05) is 25.1 Å². The molecule has 3 heteroatoms. The fourth-order valence-corrected chi connectivity index (χ4v) is 1.50. The molecule has 0 saturated carbocycles. The predicted molar refractivity (Wildman–Crippen MR) is 59.3 cm³/mol. The van der Waals surface area contributed by atoms with Gasteiger partial charge in [0.05, 0.1) is 12.6 Å². The quantitative estimate of drug-likeness (QED) is 0.780. The molecule has 84 valence electrons. The summed E-state index contributed by atoms with van der Waals surface area (Å²) in [4.78, 5) is 0. The summed E-state index contributed by atoms with van der Waals surface area (Å²) in [7, 11) is 0. The summed E-state index contributed by atoms with van der Waals surface area (Å²) in [5, 5.41) is 3.21. The van der Waals surface area contributed by atoms with Crippen molar-refractivity contribution in [1.29, 1.82) is 0 Å². The van der Waals surface area contributed by atoms with Crippen molar-refractivity contribution >= 4 is 0 Å². The fraction of sp³-hybridized carbons (Fsp3) is 0.500. The van der Waals surface area contributed by atoms with Crippen LogP contribution in [0.1, 0.15) is 25.5 Å². The van der Waals surface area contributed by atoms with Crippen LogP contribution in [0.25, 0.3) is 0 Å². The molecule has 0 aliphatic heterocycles. The maximum Gasteiger partial charge on any atom is 0.128 e. The third-order valence-corrected chi connectivity index (χ3v) is 2.22. The Kier molecular flexibility index (Phi) is 5.29. The van der Waals surface area contributed by atoms with E-state index in [1.165, 1.54) is 6.07 Å². The molecule has 0 aliphatic rings. The molecule has 0 aliphatic carbocycles. The third kappa shape index (κ3) is 3.61. The lowest BCUT2D eigenvalue weighted by molar-refractivity contribution is 0.122. The van der Waals surface area contributed by atoms with Crippen LogP contribution < -0.4 is 5.32 Å². The Labute approximate surface area is 90.4 Å². The lowest BCUT2D eigenvalue weighted by atomic mass is 10.1. The third-order valence-electron chi connectivity index (χ3n) is 2.22. The monoisotopic (exact) mass is 211 g/mol. The normalized spacial score (nSPS) is 12.7. The SMILES string of the molecule is CCNC(COCC)c1ccccc1F. The Morgan fingerprint density at radius 1 is 1.33 bits per heavy atom. The van der Waals surface area contributed by atoms with Crippen LogP contribution in [0.3, 0.4) is 0 Å². The summed E-state index contributed by atoms with van der Waals surface area (Å²) in [6.07, 6.45) is 0. The molecule has 1 aromatic carbocycles. The number of benzene rings is 1. The number of ether oxygens (including phenoxy) is 1. The molecule has 0 fully saturated rings. The molecule has 0 spiro atoms. The Hall–Kier alpha value is -0.930. The van der Waals surface area contributed by atoms with Crippen LogP contribution in [0.2, 0.25) is 0 Å². The van der Waals surface area contributed by atoms with E-state index in [0.717, 1.165) is 6.54 Å². The highest BCUT2D eigenvalue weighted by Crippen LogP contribution is 2.16. The van der Waals surface area contributed by atoms with E-state index in [9.17, 15) is 4.39 Å². The maximum absolute atomic E-state index is 13.5.